The highest BCUT2D eigenvalue weighted by molar-refractivity contribution is 7.91. The van der Waals surface area contributed by atoms with Crippen molar-refractivity contribution in [1.29, 1.82) is 0 Å². The number of carbonyl (C=O) groups is 1. The van der Waals surface area contributed by atoms with Gasteiger partial charge in [0, 0.05) is 6.42 Å². The summed E-state index contributed by atoms with van der Waals surface area (Å²) in [5.41, 5.74) is 2.09. The van der Waals surface area contributed by atoms with Gasteiger partial charge in [-0.05, 0) is 43.4 Å². The highest BCUT2D eigenvalue weighted by Gasteiger charge is 2.33. The predicted octanol–water partition coefficient (Wildman–Crippen LogP) is 3.43. The Kier molecular flexibility index (Phi) is 5.23. The molecule has 1 N–H and O–H groups in total. The maximum absolute atomic E-state index is 12.4. The number of hydrogen-bond acceptors (Lipinski definition) is 3. The molecule has 1 aliphatic carbocycles. The van der Waals surface area contributed by atoms with Crippen LogP contribution in [0.3, 0.4) is 0 Å². The molecule has 5 heteroatoms. The predicted molar refractivity (Wildman–Crippen MR) is 97.9 cm³/mol. The summed E-state index contributed by atoms with van der Waals surface area (Å²) >= 11 is 0. The Balaban J connectivity index is 1.61. The first-order valence-electron chi connectivity index (χ1n) is 8.59. The van der Waals surface area contributed by atoms with Crippen molar-refractivity contribution < 1.29 is 13.2 Å². The topological polar surface area (TPSA) is 63.2 Å². The van der Waals surface area contributed by atoms with Crippen LogP contribution < -0.4 is 5.32 Å². The third-order valence-corrected chi connectivity index (χ3v) is 6.28. The van der Waals surface area contributed by atoms with Gasteiger partial charge in [-0.25, -0.2) is 8.42 Å². The minimum absolute atomic E-state index is 0.0178. The SMILES string of the molecule is Cc1ccc(S(=O)(=O)CCC(=O)NC(c2ccccc2)C2CC2)cc1. The number of sulfone groups is 1. The molecule has 3 rings (SSSR count). The summed E-state index contributed by atoms with van der Waals surface area (Å²) in [5, 5.41) is 3.03. The van der Waals surface area contributed by atoms with E-state index in [-0.39, 0.29) is 29.0 Å². The van der Waals surface area contributed by atoms with Gasteiger partial charge in [0.2, 0.25) is 5.91 Å². The normalized spacial score (nSPS) is 15.6. The van der Waals surface area contributed by atoms with Gasteiger partial charge in [-0.3, -0.25) is 4.79 Å². The van der Waals surface area contributed by atoms with Crippen molar-refractivity contribution in [2.75, 3.05) is 5.75 Å². The fourth-order valence-electron chi connectivity index (χ4n) is 2.90. The van der Waals surface area contributed by atoms with Gasteiger partial charge in [0.1, 0.15) is 0 Å². The molecule has 1 unspecified atom stereocenters. The molecule has 1 fully saturated rings. The number of hydrogen-bond donors (Lipinski definition) is 1. The molecule has 2 aromatic carbocycles. The zero-order chi connectivity index (χ0) is 17.9. The Morgan fingerprint density at radius 1 is 1.08 bits per heavy atom. The number of rotatable bonds is 7. The fourth-order valence-corrected chi connectivity index (χ4v) is 4.14. The zero-order valence-corrected chi connectivity index (χ0v) is 15.1. The van der Waals surface area contributed by atoms with E-state index in [2.05, 4.69) is 5.32 Å². The molecule has 0 heterocycles. The molecule has 0 aromatic heterocycles. The van der Waals surface area contributed by atoms with Gasteiger partial charge in [-0.1, -0.05) is 48.0 Å². The molecule has 0 aliphatic heterocycles. The van der Waals surface area contributed by atoms with Crippen LogP contribution in [0.25, 0.3) is 0 Å². The Morgan fingerprint density at radius 3 is 2.32 bits per heavy atom. The molecular formula is C20H23NO3S. The van der Waals surface area contributed by atoms with E-state index in [1.807, 2.05) is 37.3 Å². The second kappa shape index (κ2) is 7.40. The van der Waals surface area contributed by atoms with E-state index in [1.54, 1.807) is 24.3 Å². The van der Waals surface area contributed by atoms with E-state index >= 15 is 0 Å². The van der Waals surface area contributed by atoms with Gasteiger partial charge < -0.3 is 5.32 Å². The highest BCUT2D eigenvalue weighted by Crippen LogP contribution is 2.40. The zero-order valence-electron chi connectivity index (χ0n) is 14.3. The second-order valence-corrected chi connectivity index (χ2v) is 8.78. The van der Waals surface area contributed by atoms with Gasteiger partial charge in [-0.2, -0.15) is 0 Å². The molecule has 132 valence electrons. The minimum atomic E-state index is -3.44. The summed E-state index contributed by atoms with van der Waals surface area (Å²) in [5.74, 6) is 0.0742. The van der Waals surface area contributed by atoms with Crippen molar-refractivity contribution >= 4 is 15.7 Å². The molecule has 1 aliphatic rings. The first-order chi connectivity index (χ1) is 12.0. The monoisotopic (exact) mass is 357 g/mol. The minimum Gasteiger partial charge on any atom is -0.349 e. The molecule has 4 nitrogen and oxygen atoms in total. The van der Waals surface area contributed by atoms with Crippen LogP contribution in [0.5, 0.6) is 0 Å². The molecule has 25 heavy (non-hydrogen) atoms. The summed E-state index contributed by atoms with van der Waals surface area (Å²) < 4.78 is 24.7. The van der Waals surface area contributed by atoms with E-state index in [9.17, 15) is 13.2 Å². The standard InChI is InChI=1S/C20H23NO3S/c1-15-7-11-18(12-8-15)25(23,24)14-13-19(22)21-20(17-9-10-17)16-5-3-2-4-6-16/h2-8,11-12,17,20H,9-10,13-14H2,1H3,(H,21,22). The number of carbonyl (C=O) groups excluding carboxylic acids is 1. The lowest BCUT2D eigenvalue weighted by Gasteiger charge is -2.19. The molecule has 0 bridgehead atoms. The molecule has 1 atom stereocenters. The van der Waals surface area contributed by atoms with Gasteiger partial charge >= 0.3 is 0 Å². The Hall–Kier alpha value is -2.14. The van der Waals surface area contributed by atoms with E-state index < -0.39 is 9.84 Å². The van der Waals surface area contributed by atoms with Crippen LogP contribution in [0.1, 0.15) is 36.4 Å². The molecular weight excluding hydrogens is 334 g/mol. The molecule has 0 spiro atoms. The average Bonchev–Trinajstić information content (AvgIpc) is 3.44. The van der Waals surface area contributed by atoms with Crippen molar-refractivity contribution in [2.24, 2.45) is 5.92 Å². The van der Waals surface area contributed by atoms with E-state index in [0.29, 0.717) is 5.92 Å². The fraction of sp³-hybridized carbons (Fsp3) is 0.350. The van der Waals surface area contributed by atoms with Crippen LogP contribution in [0.15, 0.2) is 59.5 Å². The number of amides is 1. The maximum atomic E-state index is 12.4. The van der Waals surface area contributed by atoms with Gasteiger partial charge in [0.05, 0.1) is 16.7 Å². The van der Waals surface area contributed by atoms with E-state index in [0.717, 1.165) is 24.0 Å². The highest BCUT2D eigenvalue weighted by atomic mass is 32.2. The lowest BCUT2D eigenvalue weighted by molar-refractivity contribution is -0.121. The molecule has 2 aromatic rings. The lowest BCUT2D eigenvalue weighted by atomic mass is 10.0. The van der Waals surface area contributed by atoms with E-state index in [1.165, 1.54) is 0 Å². The van der Waals surface area contributed by atoms with Crippen LogP contribution in [0.2, 0.25) is 0 Å². The van der Waals surface area contributed by atoms with Gasteiger partial charge in [0.25, 0.3) is 0 Å². The van der Waals surface area contributed by atoms with Crippen molar-refractivity contribution in [3.8, 4) is 0 Å². The van der Waals surface area contributed by atoms with Crippen molar-refractivity contribution in [2.45, 2.75) is 37.1 Å². The number of aryl methyl sites for hydroxylation is 1. The number of benzene rings is 2. The average molecular weight is 357 g/mol. The lowest BCUT2D eigenvalue weighted by Crippen LogP contribution is -2.31. The third kappa shape index (κ3) is 4.69. The van der Waals surface area contributed by atoms with Gasteiger partial charge in [0.15, 0.2) is 9.84 Å². The quantitative estimate of drug-likeness (QED) is 0.826. The third-order valence-electron chi connectivity index (χ3n) is 4.55. The molecule has 1 saturated carbocycles. The molecule has 0 radical (unpaired) electrons. The Bertz CT molecular complexity index is 825. The van der Waals surface area contributed by atoms with Crippen molar-refractivity contribution in [3.05, 3.63) is 65.7 Å². The Morgan fingerprint density at radius 2 is 1.72 bits per heavy atom. The smallest absolute Gasteiger partial charge is 0.221 e. The van der Waals surface area contributed by atoms with Crippen LogP contribution in [0.4, 0.5) is 0 Å². The summed E-state index contributed by atoms with van der Waals surface area (Å²) in [4.78, 5) is 12.6. The Labute approximate surface area is 149 Å². The van der Waals surface area contributed by atoms with Crippen LogP contribution in [-0.2, 0) is 14.6 Å². The van der Waals surface area contributed by atoms with E-state index in [4.69, 9.17) is 0 Å². The summed E-state index contributed by atoms with van der Waals surface area (Å²) in [6.07, 6.45) is 2.18. The molecule has 1 amide bonds. The van der Waals surface area contributed by atoms with Crippen LogP contribution in [0, 0.1) is 12.8 Å². The van der Waals surface area contributed by atoms with Gasteiger partial charge in [-0.15, -0.1) is 0 Å². The first-order valence-corrected chi connectivity index (χ1v) is 10.2. The number of nitrogens with one attached hydrogen (secondary N) is 1. The summed E-state index contributed by atoms with van der Waals surface area (Å²) in [6, 6.07) is 16.6. The second-order valence-electron chi connectivity index (χ2n) is 6.68. The molecule has 0 saturated heterocycles. The van der Waals surface area contributed by atoms with Crippen molar-refractivity contribution in [1.82, 2.24) is 5.32 Å². The van der Waals surface area contributed by atoms with Crippen LogP contribution in [-0.4, -0.2) is 20.1 Å². The largest absolute Gasteiger partial charge is 0.349 e. The van der Waals surface area contributed by atoms with Crippen LogP contribution >= 0.6 is 0 Å². The maximum Gasteiger partial charge on any atom is 0.221 e. The summed E-state index contributed by atoms with van der Waals surface area (Å²) in [7, 11) is -3.44. The summed E-state index contributed by atoms with van der Waals surface area (Å²) in [6.45, 7) is 1.91. The first kappa shape index (κ1) is 17.7. The van der Waals surface area contributed by atoms with Crippen molar-refractivity contribution in [3.63, 3.8) is 0 Å².